The molecule has 0 aromatic rings. The van der Waals surface area contributed by atoms with Gasteiger partial charge in [-0.2, -0.15) is 0 Å². The highest BCUT2D eigenvalue weighted by molar-refractivity contribution is 5.76. The lowest BCUT2D eigenvalue weighted by Gasteiger charge is -2.35. The van der Waals surface area contributed by atoms with Crippen LogP contribution in [0.25, 0.3) is 0 Å². The Labute approximate surface area is 110 Å². The van der Waals surface area contributed by atoms with Crippen LogP contribution in [0.1, 0.15) is 45.4 Å². The minimum atomic E-state index is 0.173. The Morgan fingerprint density at radius 1 is 1.39 bits per heavy atom. The molecule has 1 amide bonds. The molecule has 0 spiro atoms. The lowest BCUT2D eigenvalue weighted by Crippen LogP contribution is -2.48. The largest absolute Gasteiger partial charge is 0.382 e. The Morgan fingerprint density at radius 3 is 2.56 bits per heavy atom. The summed E-state index contributed by atoms with van der Waals surface area (Å²) in [5.74, 6) is 0.269. The molecule has 3 unspecified atom stereocenters. The Morgan fingerprint density at radius 2 is 2.00 bits per heavy atom. The van der Waals surface area contributed by atoms with Gasteiger partial charge in [0.25, 0.3) is 0 Å². The van der Waals surface area contributed by atoms with Crippen LogP contribution in [0, 0.1) is 0 Å². The molecule has 0 radical (unpaired) electrons. The summed E-state index contributed by atoms with van der Waals surface area (Å²) in [5, 5.41) is 3.62. The fraction of sp³-hybridized carbons (Fsp3) is 0.929. The first kappa shape index (κ1) is 13.8. The summed E-state index contributed by atoms with van der Waals surface area (Å²) in [6, 6.07) is 1.72. The Bertz CT molecular complexity index is 284. The second-order valence-electron chi connectivity index (χ2n) is 5.85. The van der Waals surface area contributed by atoms with Gasteiger partial charge in [-0.05, 0) is 39.0 Å². The van der Waals surface area contributed by atoms with Crippen LogP contribution < -0.4 is 5.32 Å². The molecule has 2 saturated heterocycles. The third-order valence-corrected chi connectivity index (χ3v) is 4.56. The van der Waals surface area contributed by atoms with E-state index in [0.717, 1.165) is 19.3 Å². The fourth-order valence-electron chi connectivity index (χ4n) is 3.17. The van der Waals surface area contributed by atoms with Gasteiger partial charge in [-0.1, -0.05) is 0 Å². The molecule has 104 valence electrons. The lowest BCUT2D eigenvalue weighted by atomic mass is 9.98. The Balaban J connectivity index is 1.79. The lowest BCUT2D eigenvalue weighted by molar-refractivity contribution is -0.133. The standard InChI is InChI=1S/C14H26N2O2/c1-10(18-3)4-7-14(17)16(2)13-8-11-5-6-12(9-13)15-11/h10-13,15H,4-9H2,1-3H3. The summed E-state index contributed by atoms with van der Waals surface area (Å²) in [4.78, 5) is 14.1. The van der Waals surface area contributed by atoms with Crippen LogP contribution in [-0.2, 0) is 9.53 Å². The van der Waals surface area contributed by atoms with Crippen molar-refractivity contribution < 1.29 is 9.53 Å². The molecule has 2 aliphatic rings. The number of ether oxygens (including phenoxy) is 1. The Kier molecular flexibility index (Phi) is 4.62. The van der Waals surface area contributed by atoms with Gasteiger partial charge >= 0.3 is 0 Å². The zero-order valence-electron chi connectivity index (χ0n) is 11.8. The number of nitrogens with one attached hydrogen (secondary N) is 1. The fourth-order valence-corrected chi connectivity index (χ4v) is 3.17. The summed E-state index contributed by atoms with van der Waals surface area (Å²) < 4.78 is 5.19. The second-order valence-corrected chi connectivity index (χ2v) is 5.85. The van der Waals surface area contributed by atoms with Crippen molar-refractivity contribution in [2.24, 2.45) is 0 Å². The van der Waals surface area contributed by atoms with E-state index in [0.29, 0.717) is 24.5 Å². The third-order valence-electron chi connectivity index (χ3n) is 4.56. The van der Waals surface area contributed by atoms with E-state index < -0.39 is 0 Å². The summed E-state index contributed by atoms with van der Waals surface area (Å²) >= 11 is 0. The number of nitrogens with zero attached hydrogens (tertiary/aromatic N) is 1. The highest BCUT2D eigenvalue weighted by Crippen LogP contribution is 2.29. The van der Waals surface area contributed by atoms with Crippen molar-refractivity contribution in [2.45, 2.75) is 69.7 Å². The van der Waals surface area contributed by atoms with E-state index in [1.165, 1.54) is 12.8 Å². The predicted molar refractivity (Wildman–Crippen MR) is 71.4 cm³/mol. The van der Waals surface area contributed by atoms with E-state index in [4.69, 9.17) is 4.74 Å². The summed E-state index contributed by atoms with van der Waals surface area (Å²) in [5.41, 5.74) is 0. The van der Waals surface area contributed by atoms with Gasteiger partial charge in [0.05, 0.1) is 6.10 Å². The first-order valence-electron chi connectivity index (χ1n) is 7.14. The first-order valence-corrected chi connectivity index (χ1v) is 7.14. The number of piperidine rings is 1. The number of methoxy groups -OCH3 is 1. The average Bonchev–Trinajstić information content (AvgIpc) is 2.73. The molecule has 2 rings (SSSR count). The van der Waals surface area contributed by atoms with E-state index in [-0.39, 0.29) is 12.0 Å². The number of carbonyl (C=O) groups excluding carboxylic acids is 1. The van der Waals surface area contributed by atoms with Gasteiger partial charge in [-0.25, -0.2) is 0 Å². The molecule has 18 heavy (non-hydrogen) atoms. The number of amides is 1. The van der Waals surface area contributed by atoms with Crippen molar-refractivity contribution in [1.29, 1.82) is 0 Å². The van der Waals surface area contributed by atoms with Crippen LogP contribution in [0.4, 0.5) is 0 Å². The van der Waals surface area contributed by atoms with Gasteiger partial charge in [-0.3, -0.25) is 4.79 Å². The summed E-state index contributed by atoms with van der Waals surface area (Å²) in [7, 11) is 3.67. The van der Waals surface area contributed by atoms with Crippen LogP contribution >= 0.6 is 0 Å². The minimum absolute atomic E-state index is 0.173. The normalized spacial score (nSPS) is 32.3. The summed E-state index contributed by atoms with van der Waals surface area (Å²) in [6.45, 7) is 2.01. The van der Waals surface area contributed by atoms with Gasteiger partial charge < -0.3 is 15.0 Å². The quantitative estimate of drug-likeness (QED) is 0.809. The van der Waals surface area contributed by atoms with Crippen molar-refractivity contribution in [3.63, 3.8) is 0 Å². The van der Waals surface area contributed by atoms with Crippen molar-refractivity contribution in [2.75, 3.05) is 14.2 Å². The molecule has 3 atom stereocenters. The molecular weight excluding hydrogens is 228 g/mol. The number of rotatable bonds is 5. The van der Waals surface area contributed by atoms with Gasteiger partial charge in [0.2, 0.25) is 5.91 Å². The number of carbonyl (C=O) groups is 1. The van der Waals surface area contributed by atoms with Crippen molar-refractivity contribution in [3.05, 3.63) is 0 Å². The van der Waals surface area contributed by atoms with Crippen molar-refractivity contribution in [3.8, 4) is 0 Å². The molecule has 0 aromatic heterocycles. The topological polar surface area (TPSA) is 41.6 Å². The maximum absolute atomic E-state index is 12.1. The van der Waals surface area contributed by atoms with E-state index in [2.05, 4.69) is 5.32 Å². The molecule has 2 fully saturated rings. The molecule has 4 nitrogen and oxygen atoms in total. The third kappa shape index (κ3) is 3.23. The van der Waals surface area contributed by atoms with Gasteiger partial charge in [0, 0.05) is 38.7 Å². The molecule has 1 N–H and O–H groups in total. The Hall–Kier alpha value is -0.610. The van der Waals surface area contributed by atoms with Crippen molar-refractivity contribution >= 4 is 5.91 Å². The maximum Gasteiger partial charge on any atom is 0.222 e. The van der Waals surface area contributed by atoms with Gasteiger partial charge in [0.1, 0.15) is 0 Å². The molecular formula is C14H26N2O2. The summed E-state index contributed by atoms with van der Waals surface area (Å²) in [6.07, 6.45) is 6.40. The molecule has 0 aromatic carbocycles. The van der Waals surface area contributed by atoms with Crippen LogP contribution in [0.3, 0.4) is 0 Å². The highest BCUT2D eigenvalue weighted by Gasteiger charge is 2.36. The zero-order chi connectivity index (χ0) is 13.1. The molecule has 2 aliphatic heterocycles. The van der Waals surface area contributed by atoms with Gasteiger partial charge in [0.15, 0.2) is 0 Å². The van der Waals surface area contributed by atoms with Crippen LogP contribution in [0.15, 0.2) is 0 Å². The van der Waals surface area contributed by atoms with E-state index in [9.17, 15) is 4.79 Å². The zero-order valence-corrected chi connectivity index (χ0v) is 11.8. The van der Waals surface area contributed by atoms with Crippen LogP contribution in [0.2, 0.25) is 0 Å². The number of fused-ring (bicyclic) bond motifs is 2. The second kappa shape index (κ2) is 6.02. The number of hydrogen-bond acceptors (Lipinski definition) is 3. The van der Waals surface area contributed by atoms with Crippen molar-refractivity contribution in [1.82, 2.24) is 10.2 Å². The maximum atomic E-state index is 12.1. The van der Waals surface area contributed by atoms with E-state index in [1.807, 2.05) is 18.9 Å². The number of hydrogen-bond donors (Lipinski definition) is 1. The predicted octanol–water partition coefficient (Wildman–Crippen LogP) is 1.54. The molecule has 2 bridgehead atoms. The van der Waals surface area contributed by atoms with E-state index >= 15 is 0 Å². The van der Waals surface area contributed by atoms with Crippen LogP contribution in [-0.4, -0.2) is 49.2 Å². The molecule has 0 saturated carbocycles. The molecule has 4 heteroatoms. The minimum Gasteiger partial charge on any atom is -0.382 e. The van der Waals surface area contributed by atoms with Gasteiger partial charge in [-0.15, -0.1) is 0 Å². The first-order chi connectivity index (χ1) is 8.60. The van der Waals surface area contributed by atoms with Crippen LogP contribution in [0.5, 0.6) is 0 Å². The average molecular weight is 254 g/mol. The SMILES string of the molecule is COC(C)CCC(=O)N(C)C1CC2CCC(C1)N2. The molecule has 0 aliphatic carbocycles. The monoisotopic (exact) mass is 254 g/mol. The van der Waals surface area contributed by atoms with E-state index in [1.54, 1.807) is 7.11 Å². The smallest absolute Gasteiger partial charge is 0.222 e. The molecule has 2 heterocycles. The highest BCUT2D eigenvalue weighted by atomic mass is 16.5.